The predicted molar refractivity (Wildman–Crippen MR) is 55.5 cm³/mol. The summed E-state index contributed by atoms with van der Waals surface area (Å²) >= 11 is 0. The van der Waals surface area contributed by atoms with E-state index in [0.717, 1.165) is 13.2 Å². The van der Waals surface area contributed by atoms with Gasteiger partial charge in [-0.05, 0) is 6.92 Å². The molecule has 1 aromatic rings. The molecule has 16 heavy (non-hydrogen) atoms. The third-order valence-electron chi connectivity index (χ3n) is 1.91. The summed E-state index contributed by atoms with van der Waals surface area (Å²) in [6, 6.07) is 0. The van der Waals surface area contributed by atoms with Crippen molar-refractivity contribution in [3.8, 4) is 0 Å². The zero-order valence-corrected chi connectivity index (χ0v) is 9.01. The molecule has 0 aliphatic carbocycles. The molecule has 0 bridgehead atoms. The number of ketones is 1. The molecule has 0 atom stereocenters. The van der Waals surface area contributed by atoms with Gasteiger partial charge in [-0.1, -0.05) is 0 Å². The Kier molecular flexibility index (Phi) is 3.82. The smallest absolute Gasteiger partial charge is 0.378 e. The maximum Gasteiger partial charge on any atom is 0.378 e. The minimum atomic E-state index is -1.02. The minimum absolute atomic E-state index is 0.310. The lowest BCUT2D eigenvalue weighted by molar-refractivity contribution is -0.149. The number of aliphatic hydroxyl groups excluding tert-OH is 1. The highest BCUT2D eigenvalue weighted by Gasteiger charge is 2.13. The Bertz CT molecular complexity index is 434. The molecule has 0 fully saturated rings. The molecule has 1 N–H and O–H groups in total. The standard InChI is InChI=1S/C10H12N2O4/c1-3-12-6-7(5-11-12)8(13)4-9(14)10(15)16-2/h4-6,13H,3H2,1-2H3/b8-4-. The molecule has 0 saturated carbocycles. The first-order valence-electron chi connectivity index (χ1n) is 4.64. The molecule has 0 amide bonds. The largest absolute Gasteiger partial charge is 0.507 e. The van der Waals surface area contributed by atoms with E-state index in [9.17, 15) is 14.7 Å². The number of methoxy groups -OCH3 is 1. The summed E-state index contributed by atoms with van der Waals surface area (Å²) in [6.07, 6.45) is 3.78. The number of aryl methyl sites for hydroxylation is 1. The first-order valence-corrected chi connectivity index (χ1v) is 4.64. The Hall–Kier alpha value is -2.11. The lowest BCUT2D eigenvalue weighted by Gasteiger charge is -1.95. The van der Waals surface area contributed by atoms with Crippen molar-refractivity contribution in [2.45, 2.75) is 13.5 Å². The second kappa shape index (κ2) is 5.11. The molecule has 6 nitrogen and oxygen atoms in total. The van der Waals surface area contributed by atoms with Gasteiger partial charge in [-0.15, -0.1) is 0 Å². The first kappa shape index (κ1) is 12.0. The van der Waals surface area contributed by atoms with Crippen molar-refractivity contribution >= 4 is 17.5 Å². The van der Waals surface area contributed by atoms with Crippen molar-refractivity contribution < 1.29 is 19.4 Å². The first-order chi connectivity index (χ1) is 7.58. The predicted octanol–water partition coefficient (Wildman–Crippen LogP) is 0.544. The van der Waals surface area contributed by atoms with Crippen molar-refractivity contribution in [2.24, 2.45) is 0 Å². The number of esters is 1. The highest BCUT2D eigenvalue weighted by Crippen LogP contribution is 2.09. The van der Waals surface area contributed by atoms with Crippen molar-refractivity contribution in [2.75, 3.05) is 7.11 Å². The number of hydrogen-bond donors (Lipinski definition) is 1. The monoisotopic (exact) mass is 224 g/mol. The van der Waals surface area contributed by atoms with Gasteiger partial charge in [0.25, 0.3) is 5.78 Å². The maximum atomic E-state index is 11.1. The van der Waals surface area contributed by atoms with Gasteiger partial charge in [-0.3, -0.25) is 9.48 Å². The van der Waals surface area contributed by atoms with Gasteiger partial charge in [0.2, 0.25) is 0 Å². The highest BCUT2D eigenvalue weighted by atomic mass is 16.5. The molecular formula is C10H12N2O4. The molecule has 0 aromatic carbocycles. The lowest BCUT2D eigenvalue weighted by atomic mass is 10.2. The van der Waals surface area contributed by atoms with E-state index >= 15 is 0 Å². The third-order valence-corrected chi connectivity index (χ3v) is 1.91. The highest BCUT2D eigenvalue weighted by molar-refractivity contribution is 6.39. The second-order valence-corrected chi connectivity index (χ2v) is 2.97. The van der Waals surface area contributed by atoms with Gasteiger partial charge in [-0.2, -0.15) is 5.10 Å². The molecule has 0 aliphatic heterocycles. The molecule has 0 unspecified atom stereocenters. The van der Waals surface area contributed by atoms with Crippen molar-refractivity contribution in [1.29, 1.82) is 0 Å². The van der Waals surface area contributed by atoms with Crippen LogP contribution in [0.15, 0.2) is 18.5 Å². The fraction of sp³-hybridized carbons (Fsp3) is 0.300. The Labute approximate surface area is 92.1 Å². The summed E-state index contributed by atoms with van der Waals surface area (Å²) in [5.41, 5.74) is 0.374. The molecule has 6 heteroatoms. The number of carbonyl (C=O) groups excluding carboxylic acids is 2. The SMILES string of the molecule is CCn1cc(/C(O)=C/C(=O)C(=O)OC)cn1. The Morgan fingerprint density at radius 1 is 1.62 bits per heavy atom. The molecule has 1 aromatic heterocycles. The van der Waals surface area contributed by atoms with Crippen LogP contribution in [-0.2, 0) is 20.9 Å². The van der Waals surface area contributed by atoms with Crippen LogP contribution in [0.4, 0.5) is 0 Å². The van der Waals surface area contributed by atoms with E-state index in [1.807, 2.05) is 6.92 Å². The lowest BCUT2D eigenvalue weighted by Crippen LogP contribution is -2.12. The van der Waals surface area contributed by atoms with Crippen LogP contribution in [0, 0.1) is 0 Å². The molecule has 0 spiro atoms. The van der Waals surface area contributed by atoms with E-state index in [-0.39, 0.29) is 5.76 Å². The van der Waals surface area contributed by atoms with E-state index < -0.39 is 11.8 Å². The van der Waals surface area contributed by atoms with Crippen LogP contribution in [-0.4, -0.2) is 33.7 Å². The number of hydrogen-bond acceptors (Lipinski definition) is 5. The summed E-state index contributed by atoms with van der Waals surface area (Å²) in [7, 11) is 1.10. The van der Waals surface area contributed by atoms with Crippen molar-refractivity contribution in [1.82, 2.24) is 9.78 Å². The minimum Gasteiger partial charge on any atom is -0.507 e. The summed E-state index contributed by atoms with van der Waals surface area (Å²) in [6.45, 7) is 2.54. The summed E-state index contributed by atoms with van der Waals surface area (Å²) < 4.78 is 5.80. The molecule has 1 rings (SSSR count). The Balaban J connectivity index is 2.84. The van der Waals surface area contributed by atoms with E-state index in [2.05, 4.69) is 9.84 Å². The molecule has 0 aliphatic rings. The van der Waals surface area contributed by atoms with Gasteiger partial charge < -0.3 is 9.84 Å². The number of ether oxygens (including phenoxy) is 1. The van der Waals surface area contributed by atoms with E-state index in [1.54, 1.807) is 10.9 Å². The van der Waals surface area contributed by atoms with Crippen LogP contribution in [0.1, 0.15) is 12.5 Å². The fourth-order valence-electron chi connectivity index (χ4n) is 1.04. The Morgan fingerprint density at radius 3 is 2.81 bits per heavy atom. The number of rotatable bonds is 4. The average molecular weight is 224 g/mol. The number of nitrogens with zero attached hydrogens (tertiary/aromatic N) is 2. The van der Waals surface area contributed by atoms with Crippen LogP contribution in [0.2, 0.25) is 0 Å². The quantitative estimate of drug-likeness (QED) is 0.349. The number of carbonyl (C=O) groups is 2. The van der Waals surface area contributed by atoms with Crippen molar-refractivity contribution in [3.05, 3.63) is 24.0 Å². The maximum absolute atomic E-state index is 11.1. The van der Waals surface area contributed by atoms with Gasteiger partial charge in [0.1, 0.15) is 5.76 Å². The van der Waals surface area contributed by atoms with Crippen LogP contribution >= 0.6 is 0 Å². The van der Waals surface area contributed by atoms with Gasteiger partial charge >= 0.3 is 5.97 Å². The van der Waals surface area contributed by atoms with E-state index in [0.29, 0.717) is 12.1 Å². The van der Waals surface area contributed by atoms with Crippen LogP contribution in [0.25, 0.3) is 5.76 Å². The summed E-state index contributed by atoms with van der Waals surface area (Å²) in [4.78, 5) is 21.9. The van der Waals surface area contributed by atoms with Crippen LogP contribution in [0.5, 0.6) is 0 Å². The molecular weight excluding hydrogens is 212 g/mol. The Morgan fingerprint density at radius 2 is 2.31 bits per heavy atom. The zero-order chi connectivity index (χ0) is 12.1. The third kappa shape index (κ3) is 2.69. The molecule has 0 saturated heterocycles. The molecule has 1 heterocycles. The van der Waals surface area contributed by atoms with Gasteiger partial charge in [0.05, 0.1) is 18.9 Å². The fourth-order valence-corrected chi connectivity index (χ4v) is 1.04. The van der Waals surface area contributed by atoms with Gasteiger partial charge in [0.15, 0.2) is 0 Å². The molecule has 0 radical (unpaired) electrons. The molecule has 86 valence electrons. The van der Waals surface area contributed by atoms with Crippen molar-refractivity contribution in [3.63, 3.8) is 0 Å². The average Bonchev–Trinajstić information content (AvgIpc) is 2.76. The van der Waals surface area contributed by atoms with E-state index in [4.69, 9.17) is 0 Å². The summed E-state index contributed by atoms with van der Waals surface area (Å²) in [5, 5.41) is 13.4. The zero-order valence-electron chi connectivity index (χ0n) is 9.01. The normalized spacial score (nSPS) is 11.2. The second-order valence-electron chi connectivity index (χ2n) is 2.97. The topological polar surface area (TPSA) is 81.4 Å². The van der Waals surface area contributed by atoms with E-state index in [1.165, 1.54) is 6.20 Å². The number of aromatic nitrogens is 2. The van der Waals surface area contributed by atoms with Gasteiger partial charge in [0, 0.05) is 18.8 Å². The van der Waals surface area contributed by atoms with Gasteiger partial charge in [-0.25, -0.2) is 4.79 Å². The number of aliphatic hydroxyl groups is 1. The summed E-state index contributed by atoms with van der Waals surface area (Å²) in [5.74, 6) is -2.24. The van der Waals surface area contributed by atoms with Crippen LogP contribution < -0.4 is 0 Å². The van der Waals surface area contributed by atoms with Crippen LogP contribution in [0.3, 0.4) is 0 Å².